The summed E-state index contributed by atoms with van der Waals surface area (Å²) in [5.74, 6) is 0.719. The maximum Gasteiger partial charge on any atom is 0.267 e. The first-order valence-electron chi connectivity index (χ1n) is 5.73. The molecule has 0 radical (unpaired) electrons. The molecule has 0 aliphatic carbocycles. The van der Waals surface area contributed by atoms with E-state index >= 15 is 0 Å². The number of nitrogens with zero attached hydrogens (tertiary/aromatic N) is 4. The Bertz CT molecular complexity index is 615. The fourth-order valence-corrected chi connectivity index (χ4v) is 2.25. The highest BCUT2D eigenvalue weighted by Crippen LogP contribution is 2.10. The van der Waals surface area contributed by atoms with E-state index in [1.165, 1.54) is 0 Å². The summed E-state index contributed by atoms with van der Waals surface area (Å²) in [6.07, 6.45) is 5.20. The zero-order valence-electron chi connectivity index (χ0n) is 10.6. The lowest BCUT2D eigenvalue weighted by Crippen LogP contribution is -2.27. The maximum atomic E-state index is 12.1. The summed E-state index contributed by atoms with van der Waals surface area (Å²) in [5.41, 5.74) is 1.01. The molecule has 0 aliphatic heterocycles. The molecule has 0 fully saturated rings. The third-order valence-corrected chi connectivity index (χ3v) is 3.57. The zero-order chi connectivity index (χ0) is 13.3. The summed E-state index contributed by atoms with van der Waals surface area (Å²) in [5, 5.41) is 0. The van der Waals surface area contributed by atoms with Crippen molar-refractivity contribution in [2.24, 2.45) is 0 Å². The van der Waals surface area contributed by atoms with Crippen LogP contribution in [0.25, 0.3) is 0 Å². The molecule has 0 unspecified atom stereocenters. The molecule has 0 saturated heterocycles. The van der Waals surface area contributed by atoms with Crippen LogP contribution in [0.3, 0.4) is 0 Å². The highest BCUT2D eigenvalue weighted by Gasteiger charge is 2.10. The van der Waals surface area contributed by atoms with E-state index in [4.69, 9.17) is 0 Å². The molecule has 0 N–H and O–H groups in total. The van der Waals surface area contributed by atoms with Crippen molar-refractivity contribution in [2.45, 2.75) is 33.4 Å². The Balaban J connectivity index is 2.43. The van der Waals surface area contributed by atoms with E-state index in [-0.39, 0.29) is 5.56 Å². The first-order valence-corrected chi connectivity index (χ1v) is 6.81. The maximum absolute atomic E-state index is 12.1. The number of imidazole rings is 1. The van der Waals surface area contributed by atoms with Crippen LogP contribution in [-0.4, -0.2) is 19.1 Å². The second kappa shape index (κ2) is 5.21. The molecule has 2 aromatic heterocycles. The number of hydrogen-bond acceptors (Lipinski definition) is 3. The molecule has 0 bridgehead atoms. The van der Waals surface area contributed by atoms with E-state index in [1.54, 1.807) is 23.3 Å². The van der Waals surface area contributed by atoms with Gasteiger partial charge in [0.2, 0.25) is 0 Å². The lowest BCUT2D eigenvalue weighted by atomic mass is 10.3. The van der Waals surface area contributed by atoms with Crippen LogP contribution in [0.2, 0.25) is 0 Å². The number of halogens is 1. The van der Waals surface area contributed by atoms with Gasteiger partial charge in [-0.1, -0.05) is 0 Å². The molecule has 96 valence electrons. The third kappa shape index (κ3) is 2.47. The van der Waals surface area contributed by atoms with E-state index in [2.05, 4.69) is 28.4 Å². The van der Waals surface area contributed by atoms with Gasteiger partial charge in [-0.05, 0) is 43.4 Å². The van der Waals surface area contributed by atoms with Gasteiger partial charge < -0.3 is 4.57 Å². The Morgan fingerprint density at radius 1 is 1.39 bits per heavy atom. The number of aryl methyl sites for hydroxylation is 1. The molecule has 6 heteroatoms. The molecule has 0 aromatic carbocycles. The first-order chi connectivity index (χ1) is 8.50. The van der Waals surface area contributed by atoms with Crippen molar-refractivity contribution < 1.29 is 0 Å². The van der Waals surface area contributed by atoms with Crippen LogP contribution in [0.4, 0.5) is 0 Å². The number of aromatic nitrogens is 4. The van der Waals surface area contributed by atoms with Crippen molar-refractivity contribution in [3.05, 3.63) is 44.2 Å². The standard InChI is InChI=1S/C12H15IN4O/c1-8(2)17-7-14-4-10(17)6-16-9(3)15-5-11(13)12(16)18/h4-5,7-8H,6H2,1-3H3. The van der Waals surface area contributed by atoms with Gasteiger partial charge in [0, 0.05) is 18.4 Å². The predicted octanol–water partition coefficient (Wildman–Crippen LogP) is 1.98. The van der Waals surface area contributed by atoms with E-state index in [9.17, 15) is 4.79 Å². The van der Waals surface area contributed by atoms with Crippen molar-refractivity contribution in [3.63, 3.8) is 0 Å². The summed E-state index contributed by atoms with van der Waals surface area (Å²) in [6.45, 7) is 6.53. The highest BCUT2D eigenvalue weighted by atomic mass is 127. The molecule has 18 heavy (non-hydrogen) atoms. The third-order valence-electron chi connectivity index (χ3n) is 2.83. The smallest absolute Gasteiger partial charge is 0.267 e. The Morgan fingerprint density at radius 3 is 2.78 bits per heavy atom. The van der Waals surface area contributed by atoms with Crippen LogP contribution >= 0.6 is 22.6 Å². The molecule has 0 spiro atoms. The van der Waals surface area contributed by atoms with Crippen LogP contribution in [0, 0.1) is 10.5 Å². The normalized spacial score (nSPS) is 11.2. The van der Waals surface area contributed by atoms with E-state index in [0.717, 1.165) is 11.5 Å². The average molecular weight is 358 g/mol. The predicted molar refractivity (Wildman–Crippen MR) is 77.7 cm³/mol. The molecule has 2 aromatic rings. The lowest BCUT2D eigenvalue weighted by molar-refractivity contribution is 0.551. The van der Waals surface area contributed by atoms with Crippen LogP contribution in [-0.2, 0) is 6.54 Å². The van der Waals surface area contributed by atoms with Crippen molar-refractivity contribution in [2.75, 3.05) is 0 Å². The second-order valence-corrected chi connectivity index (χ2v) is 5.59. The topological polar surface area (TPSA) is 52.7 Å². The summed E-state index contributed by atoms with van der Waals surface area (Å²) in [4.78, 5) is 20.4. The summed E-state index contributed by atoms with van der Waals surface area (Å²) < 4.78 is 4.37. The minimum Gasteiger partial charge on any atom is -0.330 e. The fraction of sp³-hybridized carbons (Fsp3) is 0.417. The quantitative estimate of drug-likeness (QED) is 0.789. The number of hydrogen-bond donors (Lipinski definition) is 0. The van der Waals surface area contributed by atoms with Gasteiger partial charge in [0.15, 0.2) is 0 Å². The lowest BCUT2D eigenvalue weighted by Gasteiger charge is -2.14. The Labute approximate surface area is 119 Å². The summed E-state index contributed by atoms with van der Waals surface area (Å²) in [6, 6.07) is 0.328. The van der Waals surface area contributed by atoms with E-state index < -0.39 is 0 Å². The van der Waals surface area contributed by atoms with E-state index in [0.29, 0.717) is 16.2 Å². The van der Waals surface area contributed by atoms with Gasteiger partial charge in [-0.2, -0.15) is 0 Å². The Kier molecular flexibility index (Phi) is 3.84. The second-order valence-electron chi connectivity index (χ2n) is 4.43. The van der Waals surface area contributed by atoms with Crippen LogP contribution in [0.1, 0.15) is 31.4 Å². The number of rotatable bonds is 3. The Morgan fingerprint density at radius 2 is 2.11 bits per heavy atom. The van der Waals surface area contributed by atoms with Crippen molar-refractivity contribution in [1.82, 2.24) is 19.1 Å². The van der Waals surface area contributed by atoms with Gasteiger partial charge in [-0.25, -0.2) is 9.97 Å². The highest BCUT2D eigenvalue weighted by molar-refractivity contribution is 14.1. The molecule has 5 nitrogen and oxygen atoms in total. The Hall–Kier alpha value is -1.18. The van der Waals surface area contributed by atoms with Crippen LogP contribution in [0.5, 0.6) is 0 Å². The molecular formula is C12H15IN4O. The molecule has 2 heterocycles. The summed E-state index contributed by atoms with van der Waals surface area (Å²) in [7, 11) is 0. The molecule has 0 aliphatic rings. The van der Waals surface area contributed by atoms with Gasteiger partial charge in [-0.15, -0.1) is 0 Å². The van der Waals surface area contributed by atoms with Gasteiger partial charge in [-0.3, -0.25) is 9.36 Å². The van der Waals surface area contributed by atoms with Gasteiger partial charge in [0.05, 0.1) is 22.1 Å². The van der Waals surface area contributed by atoms with E-state index in [1.807, 2.05) is 29.5 Å². The molecule has 2 rings (SSSR count). The summed E-state index contributed by atoms with van der Waals surface area (Å²) >= 11 is 2.01. The monoisotopic (exact) mass is 358 g/mol. The van der Waals surface area contributed by atoms with Crippen molar-refractivity contribution in [3.8, 4) is 0 Å². The zero-order valence-corrected chi connectivity index (χ0v) is 12.7. The van der Waals surface area contributed by atoms with Crippen molar-refractivity contribution in [1.29, 1.82) is 0 Å². The molecule has 0 atom stereocenters. The minimum absolute atomic E-state index is 0.000365. The van der Waals surface area contributed by atoms with Gasteiger partial charge in [0.25, 0.3) is 5.56 Å². The fourth-order valence-electron chi connectivity index (χ4n) is 1.82. The SMILES string of the molecule is Cc1ncc(I)c(=O)n1Cc1cncn1C(C)C. The molecule has 0 amide bonds. The minimum atomic E-state index is -0.000365. The first kappa shape index (κ1) is 13.3. The van der Waals surface area contributed by atoms with Gasteiger partial charge >= 0.3 is 0 Å². The largest absolute Gasteiger partial charge is 0.330 e. The van der Waals surface area contributed by atoms with Crippen LogP contribution in [0.15, 0.2) is 23.5 Å². The average Bonchev–Trinajstić information content (AvgIpc) is 2.78. The molecule has 0 saturated carbocycles. The van der Waals surface area contributed by atoms with Crippen molar-refractivity contribution >= 4 is 22.6 Å². The molecular weight excluding hydrogens is 343 g/mol. The van der Waals surface area contributed by atoms with Crippen LogP contribution < -0.4 is 5.56 Å². The van der Waals surface area contributed by atoms with Gasteiger partial charge in [0.1, 0.15) is 5.82 Å².